The van der Waals surface area contributed by atoms with Gasteiger partial charge in [0.2, 0.25) is 0 Å². The van der Waals surface area contributed by atoms with Crippen molar-refractivity contribution in [1.82, 2.24) is 5.32 Å². The van der Waals surface area contributed by atoms with Gasteiger partial charge < -0.3 is 9.73 Å². The van der Waals surface area contributed by atoms with Crippen LogP contribution in [0.3, 0.4) is 0 Å². The van der Waals surface area contributed by atoms with Crippen LogP contribution in [-0.4, -0.2) is 5.54 Å². The average molecular weight is 259 g/mol. The molecule has 1 heterocycles. The Bertz CT molecular complexity index is 534. The van der Waals surface area contributed by atoms with Gasteiger partial charge in [-0.1, -0.05) is 19.4 Å². The number of furan rings is 1. The van der Waals surface area contributed by atoms with Crippen molar-refractivity contribution >= 4 is 11.0 Å². The van der Waals surface area contributed by atoms with Gasteiger partial charge in [0, 0.05) is 10.9 Å². The first-order valence-corrected chi connectivity index (χ1v) is 7.24. The highest BCUT2D eigenvalue weighted by Crippen LogP contribution is 2.22. The van der Waals surface area contributed by atoms with Gasteiger partial charge in [-0.05, 0) is 57.4 Å². The van der Waals surface area contributed by atoms with Crippen molar-refractivity contribution in [3.8, 4) is 0 Å². The number of rotatable bonds is 5. The highest BCUT2D eigenvalue weighted by atomic mass is 16.3. The van der Waals surface area contributed by atoms with Crippen LogP contribution in [0.5, 0.6) is 0 Å². The Balaban J connectivity index is 2.11. The van der Waals surface area contributed by atoms with Gasteiger partial charge in [-0.25, -0.2) is 0 Å². The minimum absolute atomic E-state index is 0.116. The summed E-state index contributed by atoms with van der Waals surface area (Å²) in [5, 5.41) is 4.68. The standard InChI is InChI=1S/C17H25NO/c1-5-6-7-13-8-9-16-14(10-13)11-15(19-16)12-18-17(2,3)4/h8-11,18H,5-7,12H2,1-4H3. The maximum Gasteiger partial charge on any atom is 0.134 e. The van der Waals surface area contributed by atoms with Crippen LogP contribution >= 0.6 is 0 Å². The zero-order valence-corrected chi connectivity index (χ0v) is 12.5. The van der Waals surface area contributed by atoms with E-state index in [-0.39, 0.29) is 5.54 Å². The minimum atomic E-state index is 0.116. The van der Waals surface area contributed by atoms with Crippen molar-refractivity contribution in [3.05, 3.63) is 35.6 Å². The van der Waals surface area contributed by atoms with Crippen LogP contribution in [0.15, 0.2) is 28.7 Å². The average Bonchev–Trinajstić information content (AvgIpc) is 2.75. The lowest BCUT2D eigenvalue weighted by atomic mass is 10.1. The topological polar surface area (TPSA) is 25.2 Å². The van der Waals surface area contributed by atoms with E-state index >= 15 is 0 Å². The molecule has 19 heavy (non-hydrogen) atoms. The van der Waals surface area contributed by atoms with Gasteiger partial charge in [0.15, 0.2) is 0 Å². The van der Waals surface area contributed by atoms with Gasteiger partial charge >= 0.3 is 0 Å². The fraction of sp³-hybridized carbons (Fsp3) is 0.529. The maximum atomic E-state index is 5.86. The maximum absolute atomic E-state index is 5.86. The molecule has 1 aromatic heterocycles. The van der Waals surface area contributed by atoms with Crippen molar-refractivity contribution in [1.29, 1.82) is 0 Å². The van der Waals surface area contributed by atoms with Crippen LogP contribution < -0.4 is 5.32 Å². The summed E-state index contributed by atoms with van der Waals surface area (Å²) in [5.74, 6) is 1.01. The monoisotopic (exact) mass is 259 g/mol. The lowest BCUT2D eigenvalue weighted by molar-refractivity contribution is 0.395. The second kappa shape index (κ2) is 5.79. The van der Waals surface area contributed by atoms with Gasteiger partial charge in [0.1, 0.15) is 11.3 Å². The molecule has 0 unspecified atom stereocenters. The first kappa shape index (κ1) is 14.1. The molecule has 0 aliphatic carbocycles. The quantitative estimate of drug-likeness (QED) is 0.844. The van der Waals surface area contributed by atoms with Crippen molar-refractivity contribution in [2.75, 3.05) is 0 Å². The highest BCUT2D eigenvalue weighted by molar-refractivity contribution is 5.78. The Morgan fingerprint density at radius 1 is 1.16 bits per heavy atom. The van der Waals surface area contributed by atoms with Gasteiger partial charge in [0.05, 0.1) is 6.54 Å². The molecular formula is C17H25NO. The minimum Gasteiger partial charge on any atom is -0.460 e. The van der Waals surface area contributed by atoms with E-state index in [1.54, 1.807) is 0 Å². The molecule has 2 heteroatoms. The number of fused-ring (bicyclic) bond motifs is 1. The van der Waals surface area contributed by atoms with E-state index in [2.05, 4.69) is 57.3 Å². The number of hydrogen-bond acceptors (Lipinski definition) is 2. The number of benzene rings is 1. The summed E-state index contributed by atoms with van der Waals surface area (Å²) in [5.41, 5.74) is 2.52. The molecular weight excluding hydrogens is 234 g/mol. The normalized spacial score (nSPS) is 12.2. The van der Waals surface area contributed by atoms with E-state index in [0.717, 1.165) is 24.3 Å². The molecule has 0 aliphatic heterocycles. The summed E-state index contributed by atoms with van der Waals surface area (Å²) in [6.07, 6.45) is 3.65. The third-order valence-electron chi connectivity index (χ3n) is 3.24. The lowest BCUT2D eigenvalue weighted by Gasteiger charge is -2.19. The number of hydrogen-bond donors (Lipinski definition) is 1. The molecule has 0 bridgehead atoms. The van der Waals surface area contributed by atoms with E-state index in [4.69, 9.17) is 4.42 Å². The molecule has 0 radical (unpaired) electrons. The Kier molecular flexibility index (Phi) is 4.31. The van der Waals surface area contributed by atoms with E-state index in [0.29, 0.717) is 0 Å². The lowest BCUT2D eigenvalue weighted by Crippen LogP contribution is -2.34. The molecule has 2 nitrogen and oxygen atoms in total. The molecule has 0 amide bonds. The molecule has 0 atom stereocenters. The molecule has 2 aromatic rings. The van der Waals surface area contributed by atoms with Crippen LogP contribution in [-0.2, 0) is 13.0 Å². The first-order valence-electron chi connectivity index (χ1n) is 7.24. The Morgan fingerprint density at radius 3 is 2.63 bits per heavy atom. The van der Waals surface area contributed by atoms with Crippen molar-refractivity contribution in [2.24, 2.45) is 0 Å². The summed E-state index contributed by atoms with van der Waals surface area (Å²) in [6, 6.07) is 8.70. The van der Waals surface area contributed by atoms with Crippen molar-refractivity contribution < 1.29 is 4.42 Å². The van der Waals surface area contributed by atoms with E-state index < -0.39 is 0 Å². The molecule has 1 N–H and O–H groups in total. The summed E-state index contributed by atoms with van der Waals surface area (Å²) in [7, 11) is 0. The molecule has 2 rings (SSSR count). The third kappa shape index (κ3) is 4.10. The summed E-state index contributed by atoms with van der Waals surface area (Å²) < 4.78 is 5.86. The van der Waals surface area contributed by atoms with E-state index in [1.807, 2.05) is 0 Å². The van der Waals surface area contributed by atoms with Gasteiger partial charge in [-0.3, -0.25) is 0 Å². The Labute approximate surface area is 116 Å². The van der Waals surface area contributed by atoms with Gasteiger partial charge in [-0.2, -0.15) is 0 Å². The fourth-order valence-corrected chi connectivity index (χ4v) is 2.12. The molecule has 0 spiro atoms. The summed E-state index contributed by atoms with van der Waals surface area (Å²) in [4.78, 5) is 0. The molecule has 104 valence electrons. The highest BCUT2D eigenvalue weighted by Gasteiger charge is 2.11. The second-order valence-corrected chi connectivity index (χ2v) is 6.29. The van der Waals surface area contributed by atoms with E-state index in [9.17, 15) is 0 Å². The molecule has 0 aliphatic rings. The van der Waals surface area contributed by atoms with Crippen molar-refractivity contribution in [3.63, 3.8) is 0 Å². The number of unbranched alkanes of at least 4 members (excludes halogenated alkanes) is 1. The molecule has 0 saturated carbocycles. The van der Waals surface area contributed by atoms with Gasteiger partial charge in [0.25, 0.3) is 0 Å². The predicted molar refractivity (Wildman–Crippen MR) is 81.4 cm³/mol. The number of nitrogens with one attached hydrogen (secondary N) is 1. The molecule has 0 fully saturated rings. The SMILES string of the molecule is CCCCc1ccc2oc(CNC(C)(C)C)cc2c1. The fourth-order valence-electron chi connectivity index (χ4n) is 2.12. The molecule has 0 saturated heterocycles. The third-order valence-corrected chi connectivity index (χ3v) is 3.24. The summed E-state index contributed by atoms with van der Waals surface area (Å²) in [6.45, 7) is 9.50. The van der Waals surface area contributed by atoms with E-state index in [1.165, 1.54) is 23.8 Å². The first-order chi connectivity index (χ1) is 8.98. The smallest absolute Gasteiger partial charge is 0.134 e. The van der Waals surface area contributed by atoms with Crippen LogP contribution in [0.2, 0.25) is 0 Å². The predicted octanol–water partition coefficient (Wildman–Crippen LogP) is 4.66. The largest absolute Gasteiger partial charge is 0.460 e. The molecule has 1 aromatic carbocycles. The van der Waals surface area contributed by atoms with Gasteiger partial charge in [-0.15, -0.1) is 0 Å². The number of aryl methyl sites for hydroxylation is 1. The zero-order chi connectivity index (χ0) is 13.9. The Morgan fingerprint density at radius 2 is 1.95 bits per heavy atom. The van der Waals surface area contributed by atoms with Crippen LogP contribution in [0.4, 0.5) is 0 Å². The summed E-state index contributed by atoms with van der Waals surface area (Å²) >= 11 is 0. The van der Waals surface area contributed by atoms with Crippen LogP contribution in [0.1, 0.15) is 51.9 Å². The zero-order valence-electron chi connectivity index (χ0n) is 12.5. The van der Waals surface area contributed by atoms with Crippen molar-refractivity contribution in [2.45, 2.75) is 59.0 Å². The second-order valence-electron chi connectivity index (χ2n) is 6.29. The van der Waals surface area contributed by atoms with Crippen LogP contribution in [0.25, 0.3) is 11.0 Å². The Hall–Kier alpha value is -1.28. The van der Waals surface area contributed by atoms with Crippen LogP contribution in [0, 0.1) is 0 Å².